The molecule has 0 amide bonds. The number of nitrogens with two attached hydrogens (primary N) is 1. The lowest BCUT2D eigenvalue weighted by atomic mass is 10.2. The number of aromatic nitrogens is 2. The van der Waals surface area contributed by atoms with E-state index in [-0.39, 0.29) is 0 Å². The van der Waals surface area contributed by atoms with Gasteiger partial charge in [0.1, 0.15) is 6.61 Å². The zero-order chi connectivity index (χ0) is 12.6. The van der Waals surface area contributed by atoms with Crippen LogP contribution in [0.4, 0.5) is 5.95 Å². The average molecular weight is 242 g/mol. The zero-order valence-electron chi connectivity index (χ0n) is 9.78. The Morgan fingerprint density at radius 1 is 1.22 bits per heavy atom. The molecular formula is C13H14N4O. The smallest absolute Gasteiger partial charge is 0.240 e. The highest BCUT2D eigenvalue weighted by atomic mass is 16.5. The minimum Gasteiger partial charge on any atom is -0.473 e. The van der Waals surface area contributed by atoms with Crippen molar-refractivity contribution in [1.82, 2.24) is 9.97 Å². The van der Waals surface area contributed by atoms with Crippen molar-refractivity contribution >= 4 is 12.0 Å². The van der Waals surface area contributed by atoms with Crippen molar-refractivity contribution in [2.24, 2.45) is 5.84 Å². The molecule has 1 aromatic carbocycles. The molecule has 0 radical (unpaired) electrons. The summed E-state index contributed by atoms with van der Waals surface area (Å²) in [5.41, 5.74) is 3.50. The van der Waals surface area contributed by atoms with Crippen LogP contribution in [0.15, 0.2) is 48.7 Å². The number of nitrogens with zero attached hydrogens (tertiary/aromatic N) is 2. The van der Waals surface area contributed by atoms with Gasteiger partial charge < -0.3 is 4.74 Å². The van der Waals surface area contributed by atoms with Crippen molar-refractivity contribution in [2.45, 2.75) is 0 Å². The fraction of sp³-hybridized carbons (Fsp3) is 0.0769. The van der Waals surface area contributed by atoms with E-state index in [1.54, 1.807) is 12.3 Å². The molecule has 5 heteroatoms. The normalized spacial score (nSPS) is 10.5. The number of hydrogen-bond donors (Lipinski definition) is 2. The van der Waals surface area contributed by atoms with E-state index in [4.69, 9.17) is 10.6 Å². The maximum absolute atomic E-state index is 5.44. The van der Waals surface area contributed by atoms with Gasteiger partial charge in [-0.25, -0.2) is 10.8 Å². The van der Waals surface area contributed by atoms with Crippen LogP contribution in [0.2, 0.25) is 0 Å². The molecule has 18 heavy (non-hydrogen) atoms. The van der Waals surface area contributed by atoms with Crippen LogP contribution < -0.4 is 16.0 Å². The number of rotatable bonds is 5. The Hall–Kier alpha value is -2.40. The fourth-order valence-corrected chi connectivity index (χ4v) is 1.37. The van der Waals surface area contributed by atoms with Gasteiger partial charge in [0, 0.05) is 12.3 Å². The van der Waals surface area contributed by atoms with Gasteiger partial charge in [-0.15, -0.1) is 0 Å². The van der Waals surface area contributed by atoms with Crippen LogP contribution in [0.3, 0.4) is 0 Å². The quantitative estimate of drug-likeness (QED) is 0.618. The lowest BCUT2D eigenvalue weighted by Crippen LogP contribution is -2.10. The van der Waals surface area contributed by atoms with Gasteiger partial charge in [-0.05, 0) is 11.6 Å². The minimum atomic E-state index is 0.333. The zero-order valence-corrected chi connectivity index (χ0v) is 9.78. The summed E-state index contributed by atoms with van der Waals surface area (Å²) in [5, 5.41) is 0. The minimum absolute atomic E-state index is 0.333. The van der Waals surface area contributed by atoms with Gasteiger partial charge >= 0.3 is 0 Å². The number of benzene rings is 1. The first-order valence-corrected chi connectivity index (χ1v) is 5.52. The summed E-state index contributed by atoms with van der Waals surface area (Å²) in [5.74, 6) is 6.02. The van der Waals surface area contributed by atoms with Crippen LogP contribution in [0.1, 0.15) is 5.56 Å². The van der Waals surface area contributed by atoms with Gasteiger partial charge in [0.05, 0.1) is 0 Å². The average Bonchev–Trinajstić information content (AvgIpc) is 2.45. The van der Waals surface area contributed by atoms with Gasteiger partial charge in [0.25, 0.3) is 0 Å². The molecule has 2 rings (SSSR count). The SMILES string of the molecule is NNc1nccc(OC/C=C/c2ccccc2)n1. The second-order valence-electron chi connectivity index (χ2n) is 3.49. The van der Waals surface area contributed by atoms with Crippen molar-refractivity contribution in [1.29, 1.82) is 0 Å². The number of hydrogen-bond acceptors (Lipinski definition) is 5. The van der Waals surface area contributed by atoms with Crippen molar-refractivity contribution in [3.8, 4) is 5.88 Å². The van der Waals surface area contributed by atoms with Crippen LogP contribution in [0, 0.1) is 0 Å². The largest absolute Gasteiger partial charge is 0.473 e. The second-order valence-corrected chi connectivity index (χ2v) is 3.49. The molecule has 92 valence electrons. The van der Waals surface area contributed by atoms with E-state index in [0.29, 0.717) is 18.4 Å². The summed E-state index contributed by atoms with van der Waals surface area (Å²) in [6, 6.07) is 11.7. The maximum Gasteiger partial charge on any atom is 0.240 e. The van der Waals surface area contributed by atoms with E-state index >= 15 is 0 Å². The van der Waals surface area contributed by atoms with Crippen molar-refractivity contribution in [2.75, 3.05) is 12.0 Å². The highest BCUT2D eigenvalue weighted by molar-refractivity contribution is 5.48. The molecule has 0 bridgehead atoms. The first kappa shape index (κ1) is 12.1. The molecule has 0 aliphatic heterocycles. The lowest BCUT2D eigenvalue weighted by molar-refractivity contribution is 0.349. The summed E-state index contributed by atoms with van der Waals surface area (Å²) in [4.78, 5) is 7.92. The van der Waals surface area contributed by atoms with E-state index in [9.17, 15) is 0 Å². The molecule has 0 saturated carbocycles. The predicted molar refractivity (Wildman–Crippen MR) is 70.8 cm³/mol. The van der Waals surface area contributed by atoms with Gasteiger partial charge in [-0.1, -0.05) is 36.4 Å². The Balaban J connectivity index is 1.86. The molecular weight excluding hydrogens is 228 g/mol. The number of anilines is 1. The highest BCUT2D eigenvalue weighted by Gasteiger charge is 1.96. The Morgan fingerprint density at radius 2 is 2.06 bits per heavy atom. The van der Waals surface area contributed by atoms with E-state index in [1.807, 2.05) is 42.5 Å². The molecule has 0 unspecified atom stereocenters. The molecule has 0 spiro atoms. The Bertz CT molecular complexity index is 513. The molecule has 0 fully saturated rings. The number of ether oxygens (including phenoxy) is 1. The fourth-order valence-electron chi connectivity index (χ4n) is 1.37. The Labute approximate surface area is 105 Å². The van der Waals surface area contributed by atoms with Gasteiger partial charge in [0.2, 0.25) is 11.8 Å². The summed E-state index contributed by atoms with van der Waals surface area (Å²) >= 11 is 0. The van der Waals surface area contributed by atoms with Gasteiger partial charge in [-0.3, -0.25) is 5.43 Å². The van der Waals surface area contributed by atoms with Crippen LogP contribution in [0.5, 0.6) is 5.88 Å². The van der Waals surface area contributed by atoms with Crippen molar-refractivity contribution < 1.29 is 4.74 Å². The second kappa shape index (κ2) is 6.36. The number of hydrazine groups is 1. The van der Waals surface area contributed by atoms with E-state index in [1.165, 1.54) is 0 Å². The molecule has 0 saturated heterocycles. The lowest BCUT2D eigenvalue weighted by Gasteiger charge is -2.03. The predicted octanol–water partition coefficient (Wildman–Crippen LogP) is 1.85. The standard InChI is InChI=1S/C13H14N4O/c14-17-13-15-9-8-12(16-13)18-10-4-7-11-5-2-1-3-6-11/h1-9H,10,14H2,(H,15,16,17)/b7-4+. The first-order chi connectivity index (χ1) is 8.88. The van der Waals surface area contributed by atoms with E-state index in [0.717, 1.165) is 5.56 Å². The van der Waals surface area contributed by atoms with Crippen LogP contribution >= 0.6 is 0 Å². The molecule has 0 aliphatic carbocycles. The summed E-state index contributed by atoms with van der Waals surface area (Å²) < 4.78 is 5.44. The van der Waals surface area contributed by atoms with Crippen LogP contribution in [0.25, 0.3) is 6.08 Å². The van der Waals surface area contributed by atoms with E-state index in [2.05, 4.69) is 15.4 Å². The van der Waals surface area contributed by atoms with E-state index < -0.39 is 0 Å². The first-order valence-electron chi connectivity index (χ1n) is 5.52. The number of nitrogen functional groups attached to an aromatic ring is 1. The van der Waals surface area contributed by atoms with Crippen LogP contribution in [-0.2, 0) is 0 Å². The molecule has 5 nitrogen and oxygen atoms in total. The Morgan fingerprint density at radius 3 is 2.83 bits per heavy atom. The molecule has 0 atom stereocenters. The summed E-state index contributed by atoms with van der Waals surface area (Å²) in [6.07, 6.45) is 5.49. The van der Waals surface area contributed by atoms with Crippen LogP contribution in [-0.4, -0.2) is 16.6 Å². The third-order valence-corrected chi connectivity index (χ3v) is 2.20. The van der Waals surface area contributed by atoms with Gasteiger partial charge in [0.15, 0.2) is 0 Å². The highest BCUT2D eigenvalue weighted by Crippen LogP contribution is 2.07. The third-order valence-electron chi connectivity index (χ3n) is 2.20. The molecule has 3 N–H and O–H groups in total. The molecule has 1 heterocycles. The molecule has 1 aromatic heterocycles. The third kappa shape index (κ3) is 3.57. The Kier molecular flexibility index (Phi) is 4.27. The number of nitrogens with one attached hydrogen (secondary N) is 1. The summed E-state index contributed by atoms with van der Waals surface area (Å²) in [7, 11) is 0. The van der Waals surface area contributed by atoms with Crippen molar-refractivity contribution in [3.05, 3.63) is 54.2 Å². The molecule has 0 aliphatic rings. The topological polar surface area (TPSA) is 73.1 Å². The monoisotopic (exact) mass is 242 g/mol. The molecule has 2 aromatic rings. The van der Waals surface area contributed by atoms with Crippen molar-refractivity contribution in [3.63, 3.8) is 0 Å². The maximum atomic E-state index is 5.44. The van der Waals surface area contributed by atoms with Gasteiger partial charge in [-0.2, -0.15) is 4.98 Å². The summed E-state index contributed by atoms with van der Waals surface area (Å²) in [6.45, 7) is 0.440.